The normalized spacial score (nSPS) is 13.3. The number of alkyl halides is 3. The fourth-order valence-electron chi connectivity index (χ4n) is 1.28. The number of rotatable bonds is 7. The SMILES string of the molecule is NC(C(=O)O)c1csc(NCCCCC(F)(F)F)n1. The van der Waals surface area contributed by atoms with Crippen LogP contribution in [0.3, 0.4) is 0 Å². The van der Waals surface area contributed by atoms with E-state index < -0.39 is 24.6 Å². The summed E-state index contributed by atoms with van der Waals surface area (Å²) in [5.41, 5.74) is 5.60. The number of carbonyl (C=O) groups is 1. The van der Waals surface area contributed by atoms with Crippen molar-refractivity contribution in [3.63, 3.8) is 0 Å². The molecule has 1 aromatic heterocycles. The standard InChI is InChI=1S/C10H14F3N3O2S/c11-10(12,13)3-1-2-4-15-9-16-6(5-19-9)7(14)8(17)18/h5,7H,1-4,14H2,(H,15,16)(H,17,18). The quantitative estimate of drug-likeness (QED) is 0.672. The molecule has 0 bridgehead atoms. The van der Waals surface area contributed by atoms with E-state index in [1.165, 1.54) is 16.7 Å². The number of nitrogens with two attached hydrogens (primary N) is 1. The molecule has 0 spiro atoms. The summed E-state index contributed by atoms with van der Waals surface area (Å²) in [6.07, 6.45) is -4.52. The number of hydrogen-bond donors (Lipinski definition) is 3. The van der Waals surface area contributed by atoms with Crippen molar-refractivity contribution in [2.75, 3.05) is 11.9 Å². The lowest BCUT2D eigenvalue weighted by Gasteiger charge is -2.06. The second-order valence-electron chi connectivity index (χ2n) is 3.89. The number of aromatic nitrogens is 1. The van der Waals surface area contributed by atoms with Crippen LogP contribution in [0.1, 0.15) is 31.0 Å². The summed E-state index contributed by atoms with van der Waals surface area (Å²) in [6, 6.07) is -1.18. The molecule has 1 aromatic rings. The minimum absolute atomic E-state index is 0.0450. The summed E-state index contributed by atoms with van der Waals surface area (Å²) in [4.78, 5) is 14.6. The zero-order valence-electron chi connectivity index (χ0n) is 9.91. The fraction of sp³-hybridized carbons (Fsp3) is 0.600. The summed E-state index contributed by atoms with van der Waals surface area (Å²) >= 11 is 1.17. The van der Waals surface area contributed by atoms with Gasteiger partial charge in [0.15, 0.2) is 5.13 Å². The summed E-state index contributed by atoms with van der Waals surface area (Å²) in [5, 5.41) is 13.5. The molecule has 1 unspecified atom stereocenters. The van der Waals surface area contributed by atoms with Crippen molar-refractivity contribution >= 4 is 22.4 Å². The zero-order chi connectivity index (χ0) is 14.5. The molecule has 19 heavy (non-hydrogen) atoms. The second-order valence-corrected chi connectivity index (χ2v) is 4.75. The third-order valence-corrected chi connectivity index (χ3v) is 3.09. The predicted molar refractivity (Wildman–Crippen MR) is 65.1 cm³/mol. The van der Waals surface area contributed by atoms with Crippen LogP contribution in [0.2, 0.25) is 0 Å². The Kier molecular flexibility index (Phi) is 5.55. The molecule has 1 rings (SSSR count). The number of halogens is 3. The highest BCUT2D eigenvalue weighted by Crippen LogP contribution is 2.23. The Morgan fingerprint density at radius 3 is 2.79 bits per heavy atom. The second kappa shape index (κ2) is 6.71. The third kappa shape index (κ3) is 5.88. The first-order chi connectivity index (χ1) is 8.79. The van der Waals surface area contributed by atoms with Crippen molar-refractivity contribution < 1.29 is 23.1 Å². The molecule has 1 heterocycles. The summed E-state index contributed by atoms with van der Waals surface area (Å²) in [6.45, 7) is 0.353. The molecule has 0 saturated heterocycles. The number of aliphatic carboxylic acids is 1. The number of hydrogen-bond acceptors (Lipinski definition) is 5. The van der Waals surface area contributed by atoms with Gasteiger partial charge in [0.05, 0.1) is 5.69 Å². The Balaban J connectivity index is 2.29. The highest BCUT2D eigenvalue weighted by molar-refractivity contribution is 7.13. The molecule has 0 aliphatic rings. The molecule has 9 heteroatoms. The van der Waals surface area contributed by atoms with E-state index in [2.05, 4.69) is 10.3 Å². The molecule has 1 atom stereocenters. The molecule has 0 radical (unpaired) electrons. The number of anilines is 1. The van der Waals surface area contributed by atoms with Crippen LogP contribution >= 0.6 is 11.3 Å². The number of thiazole rings is 1. The van der Waals surface area contributed by atoms with Crippen LogP contribution in [-0.4, -0.2) is 28.8 Å². The first kappa shape index (κ1) is 15.7. The van der Waals surface area contributed by atoms with Gasteiger partial charge in [-0.25, -0.2) is 4.98 Å². The summed E-state index contributed by atoms with van der Waals surface area (Å²) in [5.74, 6) is -1.18. The van der Waals surface area contributed by atoms with E-state index in [1.54, 1.807) is 0 Å². The van der Waals surface area contributed by atoms with E-state index in [-0.39, 0.29) is 12.1 Å². The maximum absolute atomic E-state index is 11.9. The van der Waals surface area contributed by atoms with Crippen molar-refractivity contribution in [2.24, 2.45) is 5.73 Å². The van der Waals surface area contributed by atoms with E-state index in [4.69, 9.17) is 10.8 Å². The third-order valence-electron chi connectivity index (χ3n) is 2.27. The summed E-state index contributed by atoms with van der Waals surface area (Å²) in [7, 11) is 0. The van der Waals surface area contributed by atoms with Crippen LogP contribution in [0.4, 0.5) is 18.3 Å². The van der Waals surface area contributed by atoms with Gasteiger partial charge in [-0.2, -0.15) is 13.2 Å². The lowest BCUT2D eigenvalue weighted by atomic mass is 10.2. The largest absolute Gasteiger partial charge is 0.480 e. The molecule has 0 aliphatic heterocycles. The zero-order valence-corrected chi connectivity index (χ0v) is 10.7. The Labute approximate surface area is 111 Å². The van der Waals surface area contributed by atoms with Gasteiger partial charge in [-0.05, 0) is 12.8 Å². The maximum Gasteiger partial charge on any atom is 0.389 e. The lowest BCUT2D eigenvalue weighted by molar-refractivity contribution is -0.139. The monoisotopic (exact) mass is 297 g/mol. The van der Waals surface area contributed by atoms with Gasteiger partial charge in [-0.15, -0.1) is 11.3 Å². The maximum atomic E-state index is 11.9. The molecular weight excluding hydrogens is 283 g/mol. The minimum atomic E-state index is -4.12. The van der Waals surface area contributed by atoms with Crippen LogP contribution in [0.5, 0.6) is 0 Å². The number of carboxylic acids is 1. The van der Waals surface area contributed by atoms with Crippen LogP contribution in [0.15, 0.2) is 5.38 Å². The highest BCUT2D eigenvalue weighted by Gasteiger charge is 2.25. The van der Waals surface area contributed by atoms with Crippen molar-refractivity contribution in [3.05, 3.63) is 11.1 Å². The smallest absolute Gasteiger partial charge is 0.389 e. The van der Waals surface area contributed by atoms with E-state index >= 15 is 0 Å². The molecule has 0 amide bonds. The molecule has 0 fully saturated rings. The molecule has 4 N–H and O–H groups in total. The van der Waals surface area contributed by atoms with Crippen LogP contribution in [0.25, 0.3) is 0 Å². The van der Waals surface area contributed by atoms with Crippen molar-refractivity contribution in [2.45, 2.75) is 31.5 Å². The molecule has 5 nitrogen and oxygen atoms in total. The van der Waals surface area contributed by atoms with Gasteiger partial charge >= 0.3 is 12.1 Å². The van der Waals surface area contributed by atoms with Crippen LogP contribution < -0.4 is 11.1 Å². The minimum Gasteiger partial charge on any atom is -0.480 e. The average molecular weight is 297 g/mol. The Morgan fingerprint density at radius 1 is 1.53 bits per heavy atom. The molecule has 108 valence electrons. The topological polar surface area (TPSA) is 88.2 Å². The highest BCUT2D eigenvalue weighted by atomic mass is 32.1. The molecular formula is C10H14F3N3O2S. The fourth-order valence-corrected chi connectivity index (χ4v) is 2.06. The first-order valence-corrected chi connectivity index (χ1v) is 6.42. The van der Waals surface area contributed by atoms with Crippen molar-refractivity contribution in [1.29, 1.82) is 0 Å². The van der Waals surface area contributed by atoms with Gasteiger partial charge in [-0.3, -0.25) is 4.79 Å². The lowest BCUT2D eigenvalue weighted by Crippen LogP contribution is -2.20. The van der Waals surface area contributed by atoms with Crippen molar-refractivity contribution in [1.82, 2.24) is 4.98 Å². The first-order valence-electron chi connectivity index (χ1n) is 5.54. The van der Waals surface area contributed by atoms with Gasteiger partial charge in [0.25, 0.3) is 0 Å². The Bertz CT molecular complexity index is 422. The van der Waals surface area contributed by atoms with E-state index in [0.717, 1.165) is 0 Å². The molecule has 0 aliphatic carbocycles. The van der Waals surface area contributed by atoms with E-state index in [1.807, 2.05) is 0 Å². The number of nitrogens with one attached hydrogen (secondary N) is 1. The van der Waals surface area contributed by atoms with Crippen LogP contribution in [-0.2, 0) is 4.79 Å². The van der Waals surface area contributed by atoms with Gasteiger partial charge in [0, 0.05) is 18.3 Å². The molecule has 0 aromatic carbocycles. The predicted octanol–water partition coefficient (Wildman–Crippen LogP) is 2.37. The van der Waals surface area contributed by atoms with Gasteiger partial charge in [0.2, 0.25) is 0 Å². The Morgan fingerprint density at radius 2 is 2.21 bits per heavy atom. The number of nitrogens with zero attached hydrogens (tertiary/aromatic N) is 1. The van der Waals surface area contributed by atoms with E-state index in [9.17, 15) is 18.0 Å². The van der Waals surface area contributed by atoms with Crippen LogP contribution in [0, 0.1) is 0 Å². The Hall–Kier alpha value is -1.35. The average Bonchev–Trinajstić information content (AvgIpc) is 2.74. The van der Waals surface area contributed by atoms with E-state index in [0.29, 0.717) is 18.1 Å². The summed E-state index contributed by atoms with van der Waals surface area (Å²) < 4.78 is 35.6. The van der Waals surface area contributed by atoms with Crippen molar-refractivity contribution in [3.8, 4) is 0 Å². The molecule has 0 saturated carbocycles. The van der Waals surface area contributed by atoms with Gasteiger partial charge in [-0.1, -0.05) is 0 Å². The van der Waals surface area contributed by atoms with Gasteiger partial charge < -0.3 is 16.2 Å². The number of unbranched alkanes of at least 4 members (excludes halogenated alkanes) is 1. The van der Waals surface area contributed by atoms with Gasteiger partial charge in [0.1, 0.15) is 6.04 Å². The number of carboxylic acid groups (broad SMARTS) is 1.